The zero-order valence-corrected chi connectivity index (χ0v) is 24.7. The van der Waals surface area contributed by atoms with E-state index in [-0.39, 0.29) is 37.7 Å². The molecule has 10 heteroatoms. The first-order valence-electron chi connectivity index (χ1n) is 12.8. The fourth-order valence-corrected chi connectivity index (χ4v) is 5.13. The van der Waals surface area contributed by atoms with Crippen LogP contribution < -0.4 is 14.4 Å². The van der Waals surface area contributed by atoms with Crippen LogP contribution in [0.4, 0.5) is 5.69 Å². The van der Waals surface area contributed by atoms with Crippen LogP contribution in [0.15, 0.2) is 48.5 Å². The Morgan fingerprint density at radius 1 is 1.03 bits per heavy atom. The van der Waals surface area contributed by atoms with Gasteiger partial charge in [0.15, 0.2) is 0 Å². The van der Waals surface area contributed by atoms with Gasteiger partial charge in [-0.25, -0.2) is 8.42 Å². The standard InChI is InChI=1S/C28H40ClN3O5S/c1-7-25(27(34)30-28(3,4)5)31(20-21-11-13-22(29)14-12-21)26(33)10-9-19-32(38(6,35)36)23-15-17-24(18-16-23)37-8-2/h11-18,25H,7-10,19-20H2,1-6H3,(H,30,34)/t25-/m0/s1. The molecule has 1 atom stereocenters. The summed E-state index contributed by atoms with van der Waals surface area (Å²) in [6.45, 7) is 10.3. The fourth-order valence-electron chi connectivity index (χ4n) is 4.04. The third-order valence-corrected chi connectivity index (χ3v) is 7.18. The lowest BCUT2D eigenvalue weighted by Gasteiger charge is -2.33. The average molecular weight is 566 g/mol. The number of ether oxygens (including phenoxy) is 1. The Balaban J connectivity index is 2.21. The van der Waals surface area contributed by atoms with Crippen LogP contribution in [0, 0.1) is 0 Å². The highest BCUT2D eigenvalue weighted by Gasteiger charge is 2.30. The van der Waals surface area contributed by atoms with Gasteiger partial charge in [0.05, 0.1) is 18.6 Å². The minimum Gasteiger partial charge on any atom is -0.494 e. The van der Waals surface area contributed by atoms with Gasteiger partial charge in [0.2, 0.25) is 21.8 Å². The topological polar surface area (TPSA) is 96.0 Å². The van der Waals surface area contributed by atoms with Crippen molar-refractivity contribution in [1.29, 1.82) is 0 Å². The van der Waals surface area contributed by atoms with Crippen LogP contribution in [0.5, 0.6) is 5.75 Å². The number of amides is 2. The molecule has 0 aromatic heterocycles. The Hall–Kier alpha value is -2.78. The molecule has 0 saturated heterocycles. The number of nitrogens with one attached hydrogen (secondary N) is 1. The number of nitrogens with zero attached hydrogens (tertiary/aromatic N) is 2. The van der Waals surface area contributed by atoms with Crippen LogP contribution in [0.25, 0.3) is 0 Å². The van der Waals surface area contributed by atoms with Gasteiger partial charge in [-0.05, 0) is 82.5 Å². The summed E-state index contributed by atoms with van der Waals surface area (Å²) in [5.74, 6) is 0.197. The van der Waals surface area contributed by atoms with Gasteiger partial charge in [-0.2, -0.15) is 0 Å². The van der Waals surface area contributed by atoms with Crippen molar-refractivity contribution in [3.63, 3.8) is 0 Å². The minimum absolute atomic E-state index is 0.0793. The summed E-state index contributed by atoms with van der Waals surface area (Å²) in [4.78, 5) is 28.2. The largest absolute Gasteiger partial charge is 0.494 e. The van der Waals surface area contributed by atoms with Crippen LogP contribution >= 0.6 is 11.6 Å². The smallest absolute Gasteiger partial charge is 0.243 e. The summed E-state index contributed by atoms with van der Waals surface area (Å²) >= 11 is 6.03. The van der Waals surface area contributed by atoms with Gasteiger partial charge in [-0.15, -0.1) is 0 Å². The Morgan fingerprint density at radius 3 is 2.13 bits per heavy atom. The first kappa shape index (κ1) is 31.4. The highest BCUT2D eigenvalue weighted by Crippen LogP contribution is 2.23. The third-order valence-electron chi connectivity index (χ3n) is 5.74. The molecule has 210 valence electrons. The number of hydrogen-bond acceptors (Lipinski definition) is 5. The molecule has 38 heavy (non-hydrogen) atoms. The molecular formula is C28H40ClN3O5S. The molecule has 8 nitrogen and oxygen atoms in total. The molecule has 0 aliphatic rings. The predicted molar refractivity (Wildman–Crippen MR) is 153 cm³/mol. The molecule has 2 amide bonds. The van der Waals surface area contributed by atoms with Crippen molar-refractivity contribution in [1.82, 2.24) is 10.2 Å². The summed E-state index contributed by atoms with van der Waals surface area (Å²) in [5.41, 5.74) is 0.891. The summed E-state index contributed by atoms with van der Waals surface area (Å²) < 4.78 is 31.8. The summed E-state index contributed by atoms with van der Waals surface area (Å²) in [6.07, 6.45) is 1.94. The summed E-state index contributed by atoms with van der Waals surface area (Å²) in [5, 5.41) is 3.56. The van der Waals surface area contributed by atoms with Gasteiger partial charge in [0.25, 0.3) is 0 Å². The van der Waals surface area contributed by atoms with Gasteiger partial charge >= 0.3 is 0 Å². The van der Waals surface area contributed by atoms with E-state index in [1.165, 1.54) is 4.31 Å². The zero-order valence-electron chi connectivity index (χ0n) is 23.2. The van der Waals surface area contributed by atoms with Crippen molar-refractivity contribution in [2.24, 2.45) is 0 Å². The summed E-state index contributed by atoms with van der Waals surface area (Å²) in [6, 6.07) is 13.3. The second-order valence-corrected chi connectivity index (χ2v) is 12.5. The third kappa shape index (κ3) is 9.83. The lowest BCUT2D eigenvalue weighted by atomic mass is 10.0. The monoisotopic (exact) mass is 565 g/mol. The molecule has 0 aliphatic heterocycles. The fraction of sp³-hybridized carbons (Fsp3) is 0.500. The van der Waals surface area contributed by atoms with Crippen molar-refractivity contribution in [3.05, 3.63) is 59.1 Å². The highest BCUT2D eigenvalue weighted by atomic mass is 35.5. The predicted octanol–water partition coefficient (Wildman–Crippen LogP) is 5.01. The van der Waals surface area contributed by atoms with Crippen LogP contribution in [-0.2, 0) is 26.2 Å². The molecule has 0 radical (unpaired) electrons. The number of carbonyl (C=O) groups excluding carboxylic acids is 2. The van der Waals surface area contributed by atoms with Gasteiger partial charge in [0, 0.05) is 30.1 Å². The lowest BCUT2D eigenvalue weighted by molar-refractivity contribution is -0.142. The maximum Gasteiger partial charge on any atom is 0.243 e. The number of anilines is 1. The molecule has 2 rings (SSSR count). The SMILES string of the molecule is CCOc1ccc(N(CCCC(=O)N(Cc2ccc(Cl)cc2)[C@@H](CC)C(=O)NC(C)(C)C)S(C)(=O)=O)cc1. The van der Waals surface area contributed by atoms with E-state index in [1.807, 2.05) is 46.8 Å². The van der Waals surface area contributed by atoms with E-state index in [0.29, 0.717) is 29.5 Å². The second kappa shape index (κ2) is 13.8. The molecule has 0 heterocycles. The van der Waals surface area contributed by atoms with E-state index in [1.54, 1.807) is 41.3 Å². The van der Waals surface area contributed by atoms with Crippen LogP contribution in [0.2, 0.25) is 5.02 Å². The van der Waals surface area contributed by atoms with Gasteiger partial charge in [-0.1, -0.05) is 30.7 Å². The molecule has 2 aromatic rings. The number of halogens is 1. The number of rotatable bonds is 13. The zero-order chi connectivity index (χ0) is 28.5. The van der Waals surface area contributed by atoms with Crippen LogP contribution in [0.1, 0.15) is 59.4 Å². The van der Waals surface area contributed by atoms with Crippen LogP contribution in [-0.4, -0.2) is 56.1 Å². The number of hydrogen-bond donors (Lipinski definition) is 1. The van der Waals surface area contributed by atoms with Crippen molar-refractivity contribution in [3.8, 4) is 5.75 Å². The molecule has 0 saturated carbocycles. The molecule has 0 spiro atoms. The van der Waals surface area contributed by atoms with Crippen molar-refractivity contribution >= 4 is 39.1 Å². The average Bonchev–Trinajstić information content (AvgIpc) is 2.82. The number of benzene rings is 2. The van der Waals surface area contributed by atoms with Crippen molar-refractivity contribution < 1.29 is 22.7 Å². The molecule has 0 bridgehead atoms. The number of carbonyl (C=O) groups is 2. The van der Waals surface area contributed by atoms with Crippen molar-refractivity contribution in [2.75, 3.05) is 23.7 Å². The molecule has 0 fully saturated rings. The quantitative estimate of drug-likeness (QED) is 0.368. The Kier molecular flexibility index (Phi) is 11.5. The lowest BCUT2D eigenvalue weighted by Crippen LogP contribution is -2.53. The van der Waals surface area contributed by atoms with Gasteiger partial charge in [-0.3, -0.25) is 13.9 Å². The van der Waals surface area contributed by atoms with Crippen molar-refractivity contribution in [2.45, 2.75) is 72.0 Å². The second-order valence-electron chi connectivity index (χ2n) is 10.2. The first-order chi connectivity index (χ1) is 17.7. The maximum absolute atomic E-state index is 13.5. The summed E-state index contributed by atoms with van der Waals surface area (Å²) in [7, 11) is -3.58. The number of sulfonamides is 1. The molecule has 2 aromatic carbocycles. The van der Waals surface area contributed by atoms with E-state index in [9.17, 15) is 18.0 Å². The normalized spacial score (nSPS) is 12.5. The van der Waals surface area contributed by atoms with E-state index < -0.39 is 21.6 Å². The van der Waals surface area contributed by atoms with Gasteiger partial charge < -0.3 is 15.0 Å². The molecule has 0 unspecified atom stereocenters. The molecular weight excluding hydrogens is 526 g/mol. The van der Waals surface area contributed by atoms with E-state index in [4.69, 9.17) is 16.3 Å². The van der Waals surface area contributed by atoms with Crippen LogP contribution in [0.3, 0.4) is 0 Å². The van der Waals surface area contributed by atoms with E-state index >= 15 is 0 Å². The maximum atomic E-state index is 13.5. The Bertz CT molecular complexity index is 1160. The van der Waals surface area contributed by atoms with Gasteiger partial charge in [0.1, 0.15) is 11.8 Å². The minimum atomic E-state index is -3.58. The first-order valence-corrected chi connectivity index (χ1v) is 15.0. The molecule has 0 aliphatic carbocycles. The van der Waals surface area contributed by atoms with E-state index in [2.05, 4.69) is 5.32 Å². The Labute approximate surface area is 232 Å². The Morgan fingerprint density at radius 2 is 1.63 bits per heavy atom. The van der Waals surface area contributed by atoms with E-state index in [0.717, 1.165) is 11.8 Å². The molecule has 1 N–H and O–H groups in total. The highest BCUT2D eigenvalue weighted by molar-refractivity contribution is 7.92.